The maximum Gasteiger partial charge on any atom is 0.0580 e. The van der Waals surface area contributed by atoms with Gasteiger partial charge in [0.05, 0.1) is 6.10 Å². The Morgan fingerprint density at radius 2 is 1.79 bits per heavy atom. The van der Waals surface area contributed by atoms with Crippen LogP contribution in [0.2, 0.25) is 0 Å². The Labute approximate surface area is 120 Å². The first kappa shape index (κ1) is 17.0. The predicted octanol–water partition coefficient (Wildman–Crippen LogP) is 4.39. The lowest BCUT2D eigenvalue weighted by Gasteiger charge is -2.31. The Kier molecular flexibility index (Phi) is 8.72. The van der Waals surface area contributed by atoms with Crippen LogP contribution in [0.5, 0.6) is 0 Å². The average molecular weight is 269 g/mol. The van der Waals surface area contributed by atoms with Crippen molar-refractivity contribution < 1.29 is 4.74 Å². The van der Waals surface area contributed by atoms with Crippen LogP contribution in [0.4, 0.5) is 0 Å². The summed E-state index contributed by atoms with van der Waals surface area (Å²) >= 11 is 0. The van der Waals surface area contributed by atoms with E-state index >= 15 is 0 Å². The standard InChI is InChI=1S/C17H35NO/c1-5-9-18-16(4)8-6-7-10-19-17-12-14(2)11-15(3)13-17/h14-18H,5-13H2,1-4H3. The molecule has 0 aromatic carbocycles. The van der Waals surface area contributed by atoms with Crippen LogP contribution in [0.25, 0.3) is 0 Å². The van der Waals surface area contributed by atoms with Crippen molar-refractivity contribution in [2.24, 2.45) is 11.8 Å². The lowest BCUT2D eigenvalue weighted by Crippen LogP contribution is -2.27. The van der Waals surface area contributed by atoms with Gasteiger partial charge in [-0.1, -0.05) is 20.8 Å². The van der Waals surface area contributed by atoms with Gasteiger partial charge in [0.25, 0.3) is 0 Å². The van der Waals surface area contributed by atoms with Crippen LogP contribution in [-0.2, 0) is 4.74 Å². The molecule has 0 heterocycles. The van der Waals surface area contributed by atoms with Crippen LogP contribution in [0, 0.1) is 11.8 Å². The molecule has 1 N–H and O–H groups in total. The Morgan fingerprint density at radius 3 is 2.42 bits per heavy atom. The first-order chi connectivity index (χ1) is 9.11. The van der Waals surface area contributed by atoms with Gasteiger partial charge in [0, 0.05) is 12.6 Å². The second-order valence-electron chi connectivity index (χ2n) is 6.76. The first-order valence-corrected chi connectivity index (χ1v) is 8.46. The number of hydrogen-bond acceptors (Lipinski definition) is 2. The van der Waals surface area contributed by atoms with Gasteiger partial charge in [-0.15, -0.1) is 0 Å². The summed E-state index contributed by atoms with van der Waals surface area (Å²) < 4.78 is 6.07. The van der Waals surface area contributed by atoms with Crippen LogP contribution < -0.4 is 5.32 Å². The SMILES string of the molecule is CCCNC(C)CCCCOC1CC(C)CC(C)C1. The smallest absolute Gasteiger partial charge is 0.0580 e. The summed E-state index contributed by atoms with van der Waals surface area (Å²) in [7, 11) is 0. The maximum atomic E-state index is 6.07. The second kappa shape index (κ2) is 9.77. The van der Waals surface area contributed by atoms with Crippen molar-refractivity contribution in [3.63, 3.8) is 0 Å². The highest BCUT2D eigenvalue weighted by Crippen LogP contribution is 2.30. The van der Waals surface area contributed by atoms with Gasteiger partial charge in [-0.05, 0) is 70.3 Å². The Morgan fingerprint density at radius 1 is 1.11 bits per heavy atom. The molecule has 0 aromatic rings. The van der Waals surface area contributed by atoms with Crippen LogP contribution in [0.3, 0.4) is 0 Å². The van der Waals surface area contributed by atoms with E-state index in [0.29, 0.717) is 12.1 Å². The zero-order chi connectivity index (χ0) is 14.1. The molecule has 0 aromatic heterocycles. The van der Waals surface area contributed by atoms with E-state index < -0.39 is 0 Å². The third-order valence-electron chi connectivity index (χ3n) is 4.26. The van der Waals surface area contributed by atoms with Crippen LogP contribution >= 0.6 is 0 Å². The highest BCUT2D eigenvalue weighted by molar-refractivity contribution is 4.75. The molecule has 3 atom stereocenters. The molecule has 0 amide bonds. The lowest BCUT2D eigenvalue weighted by molar-refractivity contribution is -0.000718. The number of hydrogen-bond donors (Lipinski definition) is 1. The molecule has 0 aliphatic heterocycles. The van der Waals surface area contributed by atoms with Crippen LogP contribution in [0.1, 0.15) is 72.6 Å². The molecular formula is C17H35NO. The fourth-order valence-electron chi connectivity index (χ4n) is 3.30. The minimum Gasteiger partial charge on any atom is -0.378 e. The molecule has 1 aliphatic carbocycles. The van der Waals surface area contributed by atoms with E-state index in [1.54, 1.807) is 0 Å². The molecule has 1 fully saturated rings. The van der Waals surface area contributed by atoms with E-state index in [2.05, 4.69) is 33.0 Å². The predicted molar refractivity (Wildman–Crippen MR) is 83.5 cm³/mol. The van der Waals surface area contributed by atoms with E-state index in [1.165, 1.54) is 44.9 Å². The molecule has 1 aliphatic rings. The highest BCUT2D eigenvalue weighted by Gasteiger charge is 2.24. The van der Waals surface area contributed by atoms with Gasteiger partial charge in [0.1, 0.15) is 0 Å². The van der Waals surface area contributed by atoms with E-state index in [-0.39, 0.29) is 0 Å². The molecule has 1 rings (SSSR count). The van der Waals surface area contributed by atoms with Crippen molar-refractivity contribution in [2.45, 2.75) is 84.8 Å². The summed E-state index contributed by atoms with van der Waals surface area (Å²) in [5, 5.41) is 3.54. The summed E-state index contributed by atoms with van der Waals surface area (Å²) in [6.45, 7) is 11.4. The zero-order valence-corrected chi connectivity index (χ0v) is 13.6. The summed E-state index contributed by atoms with van der Waals surface area (Å²) in [4.78, 5) is 0. The van der Waals surface area contributed by atoms with Crippen LogP contribution in [-0.4, -0.2) is 25.3 Å². The van der Waals surface area contributed by atoms with Gasteiger partial charge in [-0.3, -0.25) is 0 Å². The summed E-state index contributed by atoms with van der Waals surface area (Å²) in [5.74, 6) is 1.71. The first-order valence-electron chi connectivity index (χ1n) is 8.46. The highest BCUT2D eigenvalue weighted by atomic mass is 16.5. The van der Waals surface area contributed by atoms with E-state index in [0.717, 1.165) is 25.0 Å². The molecule has 0 bridgehead atoms. The van der Waals surface area contributed by atoms with Gasteiger partial charge < -0.3 is 10.1 Å². The Balaban J connectivity index is 1.98. The normalized spacial score (nSPS) is 29.4. The third-order valence-corrected chi connectivity index (χ3v) is 4.26. The van der Waals surface area contributed by atoms with Gasteiger partial charge in [0.2, 0.25) is 0 Å². The van der Waals surface area contributed by atoms with Crippen molar-refractivity contribution in [3.8, 4) is 0 Å². The molecule has 2 heteroatoms. The van der Waals surface area contributed by atoms with E-state index in [9.17, 15) is 0 Å². The molecule has 19 heavy (non-hydrogen) atoms. The molecule has 114 valence electrons. The van der Waals surface area contributed by atoms with E-state index in [4.69, 9.17) is 4.74 Å². The van der Waals surface area contributed by atoms with Crippen LogP contribution in [0.15, 0.2) is 0 Å². The molecule has 0 radical (unpaired) electrons. The Bertz CT molecular complexity index is 209. The summed E-state index contributed by atoms with van der Waals surface area (Å²) in [6, 6.07) is 0.662. The molecule has 3 unspecified atom stereocenters. The molecular weight excluding hydrogens is 234 g/mol. The molecule has 2 nitrogen and oxygen atoms in total. The minimum absolute atomic E-state index is 0.536. The second-order valence-corrected chi connectivity index (χ2v) is 6.76. The van der Waals surface area contributed by atoms with Crippen molar-refractivity contribution in [2.75, 3.05) is 13.2 Å². The Hall–Kier alpha value is -0.0800. The topological polar surface area (TPSA) is 21.3 Å². The lowest BCUT2D eigenvalue weighted by atomic mass is 9.82. The van der Waals surface area contributed by atoms with Gasteiger partial charge in [0.15, 0.2) is 0 Å². The summed E-state index contributed by atoms with van der Waals surface area (Å²) in [6.07, 6.45) is 9.49. The molecule has 1 saturated carbocycles. The number of rotatable bonds is 9. The van der Waals surface area contributed by atoms with Crippen molar-refractivity contribution in [1.82, 2.24) is 5.32 Å². The van der Waals surface area contributed by atoms with Crippen molar-refractivity contribution >= 4 is 0 Å². The van der Waals surface area contributed by atoms with Gasteiger partial charge >= 0.3 is 0 Å². The van der Waals surface area contributed by atoms with Gasteiger partial charge in [-0.25, -0.2) is 0 Å². The van der Waals surface area contributed by atoms with Crippen molar-refractivity contribution in [1.29, 1.82) is 0 Å². The molecule has 0 spiro atoms. The quantitative estimate of drug-likeness (QED) is 0.627. The van der Waals surface area contributed by atoms with E-state index in [1.807, 2.05) is 0 Å². The fourth-order valence-corrected chi connectivity index (χ4v) is 3.30. The number of unbranched alkanes of at least 4 members (excludes halogenated alkanes) is 1. The zero-order valence-electron chi connectivity index (χ0n) is 13.6. The molecule has 0 saturated heterocycles. The monoisotopic (exact) mass is 269 g/mol. The number of nitrogens with one attached hydrogen (secondary N) is 1. The number of ether oxygens (including phenoxy) is 1. The van der Waals surface area contributed by atoms with Gasteiger partial charge in [-0.2, -0.15) is 0 Å². The van der Waals surface area contributed by atoms with Crippen molar-refractivity contribution in [3.05, 3.63) is 0 Å². The third kappa shape index (κ3) is 7.94. The maximum absolute atomic E-state index is 6.07. The fraction of sp³-hybridized carbons (Fsp3) is 1.00. The average Bonchev–Trinajstić information content (AvgIpc) is 2.34. The summed E-state index contributed by atoms with van der Waals surface area (Å²) in [5.41, 5.74) is 0. The largest absolute Gasteiger partial charge is 0.378 e. The minimum atomic E-state index is 0.536.